The van der Waals surface area contributed by atoms with Crippen LogP contribution in [0.4, 0.5) is 24.7 Å². The van der Waals surface area contributed by atoms with Crippen molar-refractivity contribution in [1.82, 2.24) is 15.0 Å². The van der Waals surface area contributed by atoms with Gasteiger partial charge in [0.25, 0.3) is 0 Å². The van der Waals surface area contributed by atoms with E-state index < -0.39 is 6.36 Å². The van der Waals surface area contributed by atoms with Crippen LogP contribution in [0.5, 0.6) is 5.75 Å². The fourth-order valence-corrected chi connectivity index (χ4v) is 4.34. The third-order valence-corrected chi connectivity index (χ3v) is 5.93. The minimum absolute atomic E-state index is 0.223. The number of benzene rings is 1. The summed E-state index contributed by atoms with van der Waals surface area (Å²) >= 11 is 0. The van der Waals surface area contributed by atoms with Gasteiger partial charge in [-0.25, -0.2) is 9.97 Å². The normalized spacial score (nSPS) is 16.3. The van der Waals surface area contributed by atoms with Crippen molar-refractivity contribution in [2.75, 3.05) is 23.3 Å². The molecule has 2 aliphatic rings. The predicted octanol–water partition coefficient (Wildman–Crippen LogP) is 4.95. The summed E-state index contributed by atoms with van der Waals surface area (Å²) in [5.74, 6) is 0.732. The van der Waals surface area contributed by atoms with Gasteiger partial charge in [0.2, 0.25) is 0 Å². The Kier molecular flexibility index (Phi) is 5.62. The Hall–Kier alpha value is -3.62. The molecule has 5 rings (SSSR count). The van der Waals surface area contributed by atoms with E-state index in [2.05, 4.69) is 36.0 Å². The van der Waals surface area contributed by atoms with Crippen molar-refractivity contribution >= 4 is 23.2 Å². The Balaban J connectivity index is 1.22. The molecule has 0 unspecified atom stereocenters. The molecular weight excluding hydrogens is 431 g/mol. The first-order valence-electron chi connectivity index (χ1n) is 10.8. The molecule has 0 amide bonds. The van der Waals surface area contributed by atoms with Gasteiger partial charge >= 0.3 is 6.36 Å². The SMILES string of the molecule is FC(F)(F)Oc1ccc(NC2CCN(c3ncnc4c3C=C(c3ccncc3)C4)CC2)cc1. The Morgan fingerprint density at radius 1 is 0.970 bits per heavy atom. The van der Waals surface area contributed by atoms with E-state index in [1.807, 2.05) is 12.1 Å². The van der Waals surface area contributed by atoms with Gasteiger partial charge in [-0.3, -0.25) is 4.98 Å². The molecule has 0 atom stereocenters. The number of alkyl halides is 3. The monoisotopic (exact) mass is 453 g/mol. The van der Waals surface area contributed by atoms with Crippen molar-refractivity contribution in [1.29, 1.82) is 0 Å². The number of anilines is 2. The summed E-state index contributed by atoms with van der Waals surface area (Å²) in [7, 11) is 0. The zero-order valence-electron chi connectivity index (χ0n) is 17.7. The molecular formula is C24H22F3N5O. The van der Waals surface area contributed by atoms with Crippen LogP contribution in [0.3, 0.4) is 0 Å². The quantitative estimate of drug-likeness (QED) is 0.590. The van der Waals surface area contributed by atoms with Crippen molar-refractivity contribution in [2.24, 2.45) is 0 Å². The highest BCUT2D eigenvalue weighted by atomic mass is 19.4. The Morgan fingerprint density at radius 2 is 1.70 bits per heavy atom. The average molecular weight is 453 g/mol. The van der Waals surface area contributed by atoms with Crippen LogP contribution < -0.4 is 15.0 Å². The second kappa shape index (κ2) is 8.73. The van der Waals surface area contributed by atoms with Crippen molar-refractivity contribution in [3.63, 3.8) is 0 Å². The van der Waals surface area contributed by atoms with Crippen LogP contribution in [0, 0.1) is 0 Å². The third-order valence-electron chi connectivity index (χ3n) is 5.93. The topological polar surface area (TPSA) is 63.2 Å². The summed E-state index contributed by atoms with van der Waals surface area (Å²) in [6, 6.07) is 10.1. The van der Waals surface area contributed by atoms with Crippen molar-refractivity contribution in [3.8, 4) is 5.75 Å². The van der Waals surface area contributed by atoms with Gasteiger partial charge in [0.1, 0.15) is 17.9 Å². The molecule has 9 heteroatoms. The number of pyridine rings is 1. The molecule has 0 radical (unpaired) electrons. The number of allylic oxidation sites excluding steroid dienone is 1. The predicted molar refractivity (Wildman–Crippen MR) is 120 cm³/mol. The van der Waals surface area contributed by atoms with E-state index in [0.717, 1.165) is 60.7 Å². The lowest BCUT2D eigenvalue weighted by Crippen LogP contribution is -2.40. The molecule has 3 heterocycles. The summed E-state index contributed by atoms with van der Waals surface area (Å²) in [4.78, 5) is 15.4. The van der Waals surface area contributed by atoms with E-state index >= 15 is 0 Å². The molecule has 1 aromatic carbocycles. The smallest absolute Gasteiger partial charge is 0.406 e. The highest BCUT2D eigenvalue weighted by molar-refractivity contribution is 5.91. The van der Waals surface area contributed by atoms with E-state index in [9.17, 15) is 13.2 Å². The van der Waals surface area contributed by atoms with Crippen LogP contribution in [-0.2, 0) is 6.42 Å². The van der Waals surface area contributed by atoms with E-state index in [-0.39, 0.29) is 11.8 Å². The number of rotatable bonds is 5. The van der Waals surface area contributed by atoms with Crippen LogP contribution in [0.1, 0.15) is 29.7 Å². The Morgan fingerprint density at radius 3 is 2.39 bits per heavy atom. The lowest BCUT2D eigenvalue weighted by Gasteiger charge is -2.34. The standard InChI is InChI=1S/C24H22F3N5O/c25-24(26,27)33-20-3-1-18(2-4-20)31-19-7-11-32(12-8-19)23-21-13-17(14-22(21)29-15-30-23)16-5-9-28-10-6-16/h1-6,9-10,13,15,19,31H,7-8,11-12,14H2. The maximum absolute atomic E-state index is 12.3. The first-order valence-corrected chi connectivity index (χ1v) is 10.8. The number of aromatic nitrogens is 3. The fourth-order valence-electron chi connectivity index (χ4n) is 4.34. The van der Waals surface area contributed by atoms with Gasteiger partial charge in [-0.2, -0.15) is 0 Å². The summed E-state index contributed by atoms with van der Waals surface area (Å²) in [5.41, 5.74) is 5.24. The second-order valence-corrected chi connectivity index (χ2v) is 8.12. The van der Waals surface area contributed by atoms with Gasteiger partial charge < -0.3 is 15.0 Å². The minimum Gasteiger partial charge on any atom is -0.406 e. The van der Waals surface area contributed by atoms with Crippen molar-refractivity contribution in [3.05, 3.63) is 71.9 Å². The number of halogens is 3. The maximum Gasteiger partial charge on any atom is 0.573 e. The van der Waals surface area contributed by atoms with E-state index in [0.29, 0.717) is 0 Å². The van der Waals surface area contributed by atoms with Crippen LogP contribution in [0.25, 0.3) is 11.6 Å². The van der Waals surface area contributed by atoms with E-state index in [1.54, 1.807) is 30.9 Å². The van der Waals surface area contributed by atoms with E-state index in [1.165, 1.54) is 17.7 Å². The van der Waals surface area contributed by atoms with Crippen LogP contribution in [0.2, 0.25) is 0 Å². The van der Waals surface area contributed by atoms with Gasteiger partial charge in [-0.1, -0.05) is 0 Å². The molecule has 1 fully saturated rings. The Bertz CT molecular complexity index is 1140. The maximum atomic E-state index is 12.3. The molecule has 6 nitrogen and oxygen atoms in total. The summed E-state index contributed by atoms with van der Waals surface area (Å²) < 4.78 is 40.9. The first kappa shape index (κ1) is 21.2. The zero-order valence-corrected chi connectivity index (χ0v) is 17.7. The molecule has 0 saturated carbocycles. The highest BCUT2D eigenvalue weighted by Crippen LogP contribution is 2.35. The lowest BCUT2D eigenvalue weighted by atomic mass is 10.0. The number of hydrogen-bond donors (Lipinski definition) is 1. The molecule has 170 valence electrons. The van der Waals surface area contributed by atoms with Gasteiger partial charge in [0.05, 0.1) is 5.69 Å². The van der Waals surface area contributed by atoms with Gasteiger partial charge in [-0.15, -0.1) is 13.2 Å². The molecule has 1 N–H and O–H groups in total. The lowest BCUT2D eigenvalue weighted by molar-refractivity contribution is -0.274. The van der Waals surface area contributed by atoms with Gasteiger partial charge in [0.15, 0.2) is 0 Å². The molecule has 0 bridgehead atoms. The summed E-state index contributed by atoms with van der Waals surface area (Å²) in [6.45, 7) is 1.66. The highest BCUT2D eigenvalue weighted by Gasteiger charge is 2.31. The molecule has 1 aliphatic heterocycles. The van der Waals surface area contributed by atoms with Gasteiger partial charge in [0, 0.05) is 49.2 Å². The van der Waals surface area contributed by atoms with Crippen LogP contribution in [0.15, 0.2) is 55.1 Å². The Labute approximate surface area is 189 Å². The third kappa shape index (κ3) is 4.92. The molecule has 33 heavy (non-hydrogen) atoms. The first-order chi connectivity index (χ1) is 15.9. The number of fused-ring (bicyclic) bond motifs is 1. The zero-order chi connectivity index (χ0) is 22.8. The van der Waals surface area contributed by atoms with Crippen LogP contribution >= 0.6 is 0 Å². The summed E-state index contributed by atoms with van der Waals surface area (Å²) in [6.07, 6.45) is 5.27. The van der Waals surface area contributed by atoms with Crippen LogP contribution in [-0.4, -0.2) is 40.4 Å². The second-order valence-electron chi connectivity index (χ2n) is 8.12. The fraction of sp³-hybridized carbons (Fsp3) is 0.292. The number of nitrogens with zero attached hydrogens (tertiary/aromatic N) is 4. The molecule has 2 aromatic heterocycles. The molecule has 3 aromatic rings. The molecule has 1 saturated heterocycles. The van der Waals surface area contributed by atoms with Gasteiger partial charge in [-0.05, 0) is 66.5 Å². The molecule has 1 aliphatic carbocycles. The number of piperidine rings is 1. The number of nitrogens with one attached hydrogen (secondary N) is 1. The molecule has 0 spiro atoms. The minimum atomic E-state index is -4.68. The average Bonchev–Trinajstić information content (AvgIpc) is 3.25. The van der Waals surface area contributed by atoms with E-state index in [4.69, 9.17) is 0 Å². The number of hydrogen-bond acceptors (Lipinski definition) is 6. The van der Waals surface area contributed by atoms with Crippen molar-refractivity contribution < 1.29 is 17.9 Å². The number of ether oxygens (including phenoxy) is 1. The summed E-state index contributed by atoms with van der Waals surface area (Å²) in [5, 5.41) is 3.41. The largest absolute Gasteiger partial charge is 0.573 e. The van der Waals surface area contributed by atoms with Crippen molar-refractivity contribution in [2.45, 2.75) is 31.7 Å².